The minimum absolute atomic E-state index is 0.117. The third kappa shape index (κ3) is 1.33. The van der Waals surface area contributed by atoms with E-state index in [2.05, 4.69) is 10.1 Å². The van der Waals surface area contributed by atoms with Crippen LogP contribution in [-0.2, 0) is 0 Å². The minimum Gasteiger partial charge on any atom is -0.382 e. The van der Waals surface area contributed by atoms with Gasteiger partial charge in [-0.3, -0.25) is 0 Å². The van der Waals surface area contributed by atoms with Gasteiger partial charge in [0.05, 0.1) is 0 Å². The maximum absolute atomic E-state index is 9.22. The number of rotatable bonds is 3. The topological polar surface area (TPSA) is 85.2 Å². The fourth-order valence-electron chi connectivity index (χ4n) is 0.991. The van der Waals surface area contributed by atoms with E-state index in [1.807, 2.05) is 0 Å². The lowest BCUT2D eigenvalue weighted by molar-refractivity contribution is 0.141. The summed E-state index contributed by atoms with van der Waals surface area (Å²) in [5.74, 6) is 1.39. The summed E-state index contributed by atoms with van der Waals surface area (Å²) in [5.41, 5.74) is 5.23. The van der Waals surface area contributed by atoms with Crippen LogP contribution in [0.3, 0.4) is 0 Å². The molecule has 0 saturated heterocycles. The van der Waals surface area contributed by atoms with Gasteiger partial charge in [0.25, 0.3) is 5.89 Å². The number of aromatic nitrogens is 2. The SMILES string of the molecule is NC[C@H](O)c1nc(C2CC2)no1. The lowest BCUT2D eigenvalue weighted by Gasteiger charge is -1.97. The molecule has 1 aromatic heterocycles. The largest absolute Gasteiger partial charge is 0.382 e. The predicted molar refractivity (Wildman–Crippen MR) is 40.3 cm³/mol. The molecule has 66 valence electrons. The lowest BCUT2D eigenvalue weighted by atomic mass is 10.3. The van der Waals surface area contributed by atoms with Gasteiger partial charge in [-0.25, -0.2) is 0 Å². The predicted octanol–water partition coefficient (Wildman–Crippen LogP) is -0.0609. The number of aliphatic hydroxyl groups excluding tert-OH is 1. The van der Waals surface area contributed by atoms with Crippen molar-refractivity contribution in [2.75, 3.05) is 6.54 Å². The number of hydrogen-bond acceptors (Lipinski definition) is 5. The summed E-state index contributed by atoms with van der Waals surface area (Å²) in [7, 11) is 0. The Morgan fingerprint density at radius 3 is 3.00 bits per heavy atom. The fraction of sp³-hybridized carbons (Fsp3) is 0.714. The van der Waals surface area contributed by atoms with Gasteiger partial charge in [0.1, 0.15) is 6.10 Å². The molecule has 1 heterocycles. The van der Waals surface area contributed by atoms with Crippen LogP contribution < -0.4 is 5.73 Å². The Kier molecular flexibility index (Phi) is 1.82. The Hall–Kier alpha value is -0.940. The van der Waals surface area contributed by atoms with Gasteiger partial charge >= 0.3 is 0 Å². The van der Waals surface area contributed by atoms with Gasteiger partial charge in [0.2, 0.25) is 0 Å². The summed E-state index contributed by atoms with van der Waals surface area (Å²) in [6, 6.07) is 0. The van der Waals surface area contributed by atoms with Crippen molar-refractivity contribution in [2.24, 2.45) is 5.73 Å². The standard InChI is InChI=1S/C7H11N3O2/c8-3-5(11)7-9-6(10-12-7)4-1-2-4/h4-5,11H,1-3,8H2/t5-/m0/s1. The molecule has 12 heavy (non-hydrogen) atoms. The molecule has 0 aliphatic heterocycles. The van der Waals surface area contributed by atoms with Crippen LogP contribution in [0.25, 0.3) is 0 Å². The quantitative estimate of drug-likeness (QED) is 0.662. The maximum Gasteiger partial charge on any atom is 0.256 e. The number of aliphatic hydroxyl groups is 1. The third-order valence-corrected chi connectivity index (χ3v) is 1.91. The zero-order chi connectivity index (χ0) is 8.55. The first-order valence-electron chi connectivity index (χ1n) is 4.03. The van der Waals surface area contributed by atoms with E-state index < -0.39 is 6.10 Å². The summed E-state index contributed by atoms with van der Waals surface area (Å²) < 4.78 is 4.83. The first-order valence-corrected chi connectivity index (χ1v) is 4.03. The van der Waals surface area contributed by atoms with Crippen molar-refractivity contribution in [3.8, 4) is 0 Å². The molecular weight excluding hydrogens is 158 g/mol. The first kappa shape index (κ1) is 7.70. The Labute approximate surface area is 69.6 Å². The van der Waals surface area contributed by atoms with Gasteiger partial charge < -0.3 is 15.4 Å². The Morgan fingerprint density at radius 1 is 1.67 bits per heavy atom. The number of nitrogens with two attached hydrogens (primary N) is 1. The Morgan fingerprint density at radius 2 is 2.42 bits per heavy atom. The average Bonchev–Trinajstić information content (AvgIpc) is 2.83. The van der Waals surface area contributed by atoms with Crippen molar-refractivity contribution in [3.63, 3.8) is 0 Å². The van der Waals surface area contributed by atoms with Crippen LogP contribution in [0.1, 0.15) is 36.6 Å². The summed E-state index contributed by atoms with van der Waals surface area (Å²) >= 11 is 0. The van der Waals surface area contributed by atoms with E-state index in [9.17, 15) is 5.11 Å². The number of nitrogens with zero attached hydrogens (tertiary/aromatic N) is 2. The third-order valence-electron chi connectivity index (χ3n) is 1.91. The molecule has 0 amide bonds. The summed E-state index contributed by atoms with van der Waals surface area (Å²) in [6.45, 7) is 0.117. The average molecular weight is 169 g/mol. The minimum atomic E-state index is -0.815. The summed E-state index contributed by atoms with van der Waals surface area (Å²) in [4.78, 5) is 4.04. The van der Waals surface area contributed by atoms with Crippen molar-refractivity contribution in [2.45, 2.75) is 24.9 Å². The normalized spacial score (nSPS) is 19.5. The van der Waals surface area contributed by atoms with E-state index in [4.69, 9.17) is 10.3 Å². The first-order chi connectivity index (χ1) is 5.81. The highest BCUT2D eigenvalue weighted by Gasteiger charge is 2.29. The second-order valence-electron chi connectivity index (χ2n) is 3.02. The van der Waals surface area contributed by atoms with Gasteiger partial charge in [-0.1, -0.05) is 5.16 Å². The van der Waals surface area contributed by atoms with Crippen molar-refractivity contribution >= 4 is 0 Å². The van der Waals surface area contributed by atoms with Gasteiger partial charge in [-0.2, -0.15) is 4.98 Å². The molecule has 1 atom stereocenters. The zero-order valence-electron chi connectivity index (χ0n) is 6.60. The van der Waals surface area contributed by atoms with Crippen LogP contribution in [0, 0.1) is 0 Å². The van der Waals surface area contributed by atoms with Crippen LogP contribution in [-0.4, -0.2) is 21.8 Å². The number of hydrogen-bond donors (Lipinski definition) is 2. The molecular formula is C7H11N3O2. The lowest BCUT2D eigenvalue weighted by Crippen LogP contribution is -2.11. The molecule has 1 saturated carbocycles. The molecule has 1 aliphatic rings. The van der Waals surface area contributed by atoms with Crippen molar-refractivity contribution in [1.82, 2.24) is 10.1 Å². The summed E-state index contributed by atoms with van der Waals surface area (Å²) in [6.07, 6.45) is 1.43. The van der Waals surface area contributed by atoms with Gasteiger partial charge in [-0.15, -0.1) is 0 Å². The van der Waals surface area contributed by atoms with E-state index >= 15 is 0 Å². The van der Waals surface area contributed by atoms with E-state index in [1.165, 1.54) is 0 Å². The molecule has 5 heteroatoms. The maximum atomic E-state index is 9.22. The molecule has 0 aromatic carbocycles. The van der Waals surface area contributed by atoms with Crippen molar-refractivity contribution in [3.05, 3.63) is 11.7 Å². The second kappa shape index (κ2) is 2.84. The van der Waals surface area contributed by atoms with Crippen molar-refractivity contribution in [1.29, 1.82) is 0 Å². The van der Waals surface area contributed by atoms with Crippen LogP contribution in [0.4, 0.5) is 0 Å². The van der Waals surface area contributed by atoms with Crippen LogP contribution in [0.15, 0.2) is 4.52 Å². The second-order valence-corrected chi connectivity index (χ2v) is 3.02. The van der Waals surface area contributed by atoms with E-state index in [0.29, 0.717) is 11.7 Å². The van der Waals surface area contributed by atoms with E-state index in [1.54, 1.807) is 0 Å². The molecule has 1 aliphatic carbocycles. The molecule has 0 radical (unpaired) electrons. The van der Waals surface area contributed by atoms with Gasteiger partial charge in [0.15, 0.2) is 5.82 Å². The Balaban J connectivity index is 2.12. The molecule has 1 aromatic rings. The molecule has 0 bridgehead atoms. The molecule has 2 rings (SSSR count). The van der Waals surface area contributed by atoms with Crippen LogP contribution in [0.5, 0.6) is 0 Å². The van der Waals surface area contributed by atoms with Crippen LogP contribution in [0.2, 0.25) is 0 Å². The molecule has 1 fully saturated rings. The highest BCUT2D eigenvalue weighted by Crippen LogP contribution is 2.38. The summed E-state index contributed by atoms with van der Waals surface area (Å²) in [5, 5.41) is 13.0. The van der Waals surface area contributed by atoms with Gasteiger partial charge in [-0.05, 0) is 12.8 Å². The highest BCUT2D eigenvalue weighted by molar-refractivity contribution is 5.04. The van der Waals surface area contributed by atoms with Crippen molar-refractivity contribution < 1.29 is 9.63 Å². The molecule has 3 N–H and O–H groups in total. The fourth-order valence-corrected chi connectivity index (χ4v) is 0.991. The van der Waals surface area contributed by atoms with Gasteiger partial charge in [0, 0.05) is 12.5 Å². The molecule has 0 spiro atoms. The zero-order valence-corrected chi connectivity index (χ0v) is 6.60. The van der Waals surface area contributed by atoms with Crippen LogP contribution >= 0.6 is 0 Å². The van der Waals surface area contributed by atoms with E-state index in [0.717, 1.165) is 12.8 Å². The monoisotopic (exact) mass is 169 g/mol. The highest BCUT2D eigenvalue weighted by atomic mass is 16.5. The Bertz CT molecular complexity index is 269. The van der Waals surface area contributed by atoms with E-state index in [-0.39, 0.29) is 12.4 Å². The molecule has 0 unspecified atom stereocenters. The molecule has 5 nitrogen and oxygen atoms in total. The smallest absolute Gasteiger partial charge is 0.256 e.